The van der Waals surface area contributed by atoms with Gasteiger partial charge < -0.3 is 15.0 Å². The number of anilines is 1. The molecule has 7 rings (SSSR count). The molecular formula is C32H28Cl2FN3O4. The van der Waals surface area contributed by atoms with Crippen LogP contribution in [0.25, 0.3) is 0 Å². The lowest BCUT2D eigenvalue weighted by Crippen LogP contribution is -2.53. The lowest BCUT2D eigenvalue weighted by molar-refractivity contribution is -0.128. The van der Waals surface area contributed by atoms with E-state index in [0.717, 1.165) is 18.4 Å². The highest BCUT2D eigenvalue weighted by Gasteiger charge is 2.70. The maximum absolute atomic E-state index is 16.1. The molecule has 1 N–H and O–H groups in total. The van der Waals surface area contributed by atoms with Gasteiger partial charge in [-0.3, -0.25) is 14.5 Å². The molecule has 0 aromatic heterocycles. The van der Waals surface area contributed by atoms with Gasteiger partial charge in [-0.25, -0.2) is 9.18 Å². The van der Waals surface area contributed by atoms with E-state index in [1.54, 1.807) is 47.4 Å². The number of nitrogens with zero attached hydrogens (tertiary/aromatic N) is 2. The first-order chi connectivity index (χ1) is 20.2. The third-order valence-electron chi connectivity index (χ3n) is 9.31. The van der Waals surface area contributed by atoms with Crippen LogP contribution in [0.15, 0.2) is 60.7 Å². The summed E-state index contributed by atoms with van der Waals surface area (Å²) in [6, 6.07) is 15.8. The average Bonchev–Trinajstić information content (AvgIpc) is 3.55. The van der Waals surface area contributed by atoms with E-state index in [9.17, 15) is 14.4 Å². The van der Waals surface area contributed by atoms with Crippen LogP contribution >= 0.6 is 23.2 Å². The lowest BCUT2D eigenvalue weighted by Gasteiger charge is -2.41. The van der Waals surface area contributed by atoms with Crippen molar-refractivity contribution in [3.63, 3.8) is 0 Å². The molecule has 2 saturated heterocycles. The molecule has 7 nitrogen and oxygen atoms in total. The van der Waals surface area contributed by atoms with Crippen molar-refractivity contribution in [1.29, 1.82) is 0 Å². The van der Waals surface area contributed by atoms with Gasteiger partial charge in [0.2, 0.25) is 5.91 Å². The Morgan fingerprint density at radius 2 is 1.81 bits per heavy atom. The summed E-state index contributed by atoms with van der Waals surface area (Å²) in [5.74, 6) is -2.05. The first-order valence-electron chi connectivity index (χ1n) is 14.1. The minimum Gasteiger partial charge on any atom is -0.465 e. The van der Waals surface area contributed by atoms with E-state index in [0.29, 0.717) is 41.7 Å². The fourth-order valence-electron chi connectivity index (χ4n) is 7.44. The third-order valence-corrected chi connectivity index (χ3v) is 9.84. The lowest BCUT2D eigenvalue weighted by atomic mass is 9.73. The van der Waals surface area contributed by atoms with Crippen molar-refractivity contribution in [2.24, 2.45) is 5.92 Å². The molecule has 4 aliphatic rings. The summed E-state index contributed by atoms with van der Waals surface area (Å²) >= 11 is 12.7. The Morgan fingerprint density at radius 1 is 1.05 bits per heavy atom. The Balaban J connectivity index is 1.43. The number of hydrogen-bond donors (Lipinski definition) is 1. The van der Waals surface area contributed by atoms with Gasteiger partial charge >= 0.3 is 5.97 Å². The van der Waals surface area contributed by atoms with Gasteiger partial charge in [-0.1, -0.05) is 47.5 Å². The van der Waals surface area contributed by atoms with E-state index >= 15 is 4.39 Å². The topological polar surface area (TPSA) is 79.0 Å². The molecule has 216 valence electrons. The average molecular weight is 608 g/mol. The van der Waals surface area contributed by atoms with Gasteiger partial charge in [0.15, 0.2) is 0 Å². The number of rotatable bonds is 5. The van der Waals surface area contributed by atoms with Crippen molar-refractivity contribution in [3.8, 4) is 0 Å². The molecular weight excluding hydrogens is 580 g/mol. The number of ether oxygens (including phenoxy) is 1. The molecule has 10 heteroatoms. The predicted molar refractivity (Wildman–Crippen MR) is 156 cm³/mol. The zero-order chi connectivity index (χ0) is 29.3. The number of likely N-dealkylation sites (tertiary alicyclic amines) is 2. The van der Waals surface area contributed by atoms with Crippen LogP contribution in [0.2, 0.25) is 10.0 Å². The van der Waals surface area contributed by atoms with Crippen LogP contribution in [0.4, 0.5) is 10.1 Å². The highest BCUT2D eigenvalue weighted by molar-refractivity contribution is 6.31. The smallest absolute Gasteiger partial charge is 0.337 e. The summed E-state index contributed by atoms with van der Waals surface area (Å²) in [6.45, 7) is 1.07. The number of esters is 1. The first kappa shape index (κ1) is 27.4. The molecule has 2 amide bonds. The van der Waals surface area contributed by atoms with E-state index in [1.165, 1.54) is 19.2 Å². The molecule has 3 fully saturated rings. The van der Waals surface area contributed by atoms with E-state index in [1.807, 2.05) is 6.07 Å². The number of amides is 2. The van der Waals surface area contributed by atoms with Gasteiger partial charge in [0, 0.05) is 46.9 Å². The Bertz CT molecular complexity index is 1650. The standard InChI is InChI=1S/C32H28Cl2FN3O4/c1-42-30(40)19-5-2-4-18(14-19)29(39)37-13-12-25-28(37)26(21-6-3-7-23(34)27(21)35)32(38(25)16-17-8-9-17)22-11-10-20(33)15-24(22)36-31(32)41/h2-7,10-11,14-15,17,25-26,28H,8-9,12-13,16H2,1H3,(H,36,41)/t25-,26-,28?,32+/m0/s1. The van der Waals surface area contributed by atoms with Gasteiger partial charge in [-0.15, -0.1) is 0 Å². The molecule has 1 saturated carbocycles. The van der Waals surface area contributed by atoms with Gasteiger partial charge in [-0.05, 0) is 67.1 Å². The number of methoxy groups -OCH3 is 1. The highest BCUT2D eigenvalue weighted by atomic mass is 35.5. The van der Waals surface area contributed by atoms with Crippen LogP contribution in [0.1, 0.15) is 57.0 Å². The first-order valence-corrected chi connectivity index (χ1v) is 14.8. The summed E-state index contributed by atoms with van der Waals surface area (Å²) in [5, 5.41) is 3.48. The van der Waals surface area contributed by atoms with Crippen LogP contribution in [0.5, 0.6) is 0 Å². The minimum atomic E-state index is -1.28. The molecule has 3 aliphatic heterocycles. The van der Waals surface area contributed by atoms with Gasteiger partial charge in [-0.2, -0.15) is 0 Å². The molecule has 0 radical (unpaired) electrons. The summed E-state index contributed by atoms with van der Waals surface area (Å²) in [7, 11) is 1.29. The van der Waals surface area contributed by atoms with Crippen molar-refractivity contribution in [3.05, 3.63) is 98.8 Å². The Kier molecular flexibility index (Phi) is 6.57. The van der Waals surface area contributed by atoms with Gasteiger partial charge in [0.25, 0.3) is 5.91 Å². The van der Waals surface area contributed by atoms with Crippen LogP contribution < -0.4 is 5.32 Å². The number of benzene rings is 3. The van der Waals surface area contributed by atoms with Gasteiger partial charge in [0.05, 0.1) is 23.7 Å². The second kappa shape index (κ2) is 10.1. The maximum atomic E-state index is 16.1. The van der Waals surface area contributed by atoms with Crippen molar-refractivity contribution in [2.45, 2.75) is 42.8 Å². The molecule has 42 heavy (non-hydrogen) atoms. The number of hydrogen-bond acceptors (Lipinski definition) is 5. The molecule has 0 bridgehead atoms. The number of carbonyl (C=O) groups excluding carboxylic acids is 3. The van der Waals surface area contributed by atoms with Gasteiger partial charge in [0.1, 0.15) is 11.4 Å². The van der Waals surface area contributed by atoms with Crippen LogP contribution in [0.3, 0.4) is 0 Å². The van der Waals surface area contributed by atoms with Crippen LogP contribution in [-0.4, -0.2) is 59.9 Å². The number of nitrogens with one attached hydrogen (secondary N) is 1. The van der Waals surface area contributed by atoms with Crippen LogP contribution in [0, 0.1) is 11.7 Å². The van der Waals surface area contributed by atoms with Crippen molar-refractivity contribution < 1.29 is 23.5 Å². The largest absolute Gasteiger partial charge is 0.465 e. The SMILES string of the molecule is COC(=O)c1cccc(C(=O)N2CC[C@H]3C2[C@H](c2cccc(Cl)c2F)[C@]2(C(=O)Nc4cc(Cl)ccc42)N3CC2CC2)c1. The second-order valence-corrected chi connectivity index (χ2v) is 12.4. The summed E-state index contributed by atoms with van der Waals surface area (Å²) < 4.78 is 21.0. The molecule has 1 unspecified atom stereocenters. The number of halogens is 3. The fourth-order valence-corrected chi connectivity index (χ4v) is 7.80. The molecule has 3 aromatic carbocycles. The molecule has 1 spiro atoms. The van der Waals surface area contributed by atoms with E-state index < -0.39 is 29.3 Å². The minimum absolute atomic E-state index is 0.0452. The Hall–Kier alpha value is -3.46. The summed E-state index contributed by atoms with van der Waals surface area (Å²) in [4.78, 5) is 44.8. The molecule has 3 aromatic rings. The number of carbonyl (C=O) groups is 3. The van der Waals surface area contributed by atoms with Crippen molar-refractivity contribution in [2.75, 3.05) is 25.5 Å². The second-order valence-electron chi connectivity index (χ2n) is 11.5. The Labute approximate surface area is 252 Å². The monoisotopic (exact) mass is 607 g/mol. The molecule has 1 aliphatic carbocycles. The van der Waals surface area contributed by atoms with E-state index in [2.05, 4.69) is 10.2 Å². The quantitative estimate of drug-likeness (QED) is 0.368. The van der Waals surface area contributed by atoms with E-state index in [-0.39, 0.29) is 34.0 Å². The summed E-state index contributed by atoms with van der Waals surface area (Å²) in [6.07, 6.45) is 2.72. The zero-order valence-electron chi connectivity index (χ0n) is 22.8. The highest BCUT2D eigenvalue weighted by Crippen LogP contribution is 2.61. The molecule has 3 heterocycles. The molecule has 4 atom stereocenters. The van der Waals surface area contributed by atoms with Crippen molar-refractivity contribution >= 4 is 46.7 Å². The predicted octanol–water partition coefficient (Wildman–Crippen LogP) is 5.86. The Morgan fingerprint density at radius 3 is 2.57 bits per heavy atom. The maximum Gasteiger partial charge on any atom is 0.337 e. The normalized spacial score (nSPS) is 26.3. The van der Waals surface area contributed by atoms with E-state index in [4.69, 9.17) is 27.9 Å². The zero-order valence-corrected chi connectivity index (χ0v) is 24.3. The van der Waals surface area contributed by atoms with Crippen LogP contribution in [-0.2, 0) is 15.1 Å². The third kappa shape index (κ3) is 3.99. The summed E-state index contributed by atoms with van der Waals surface area (Å²) in [5.41, 5.74) is 0.894. The fraction of sp³-hybridized carbons (Fsp3) is 0.344. The van der Waals surface area contributed by atoms with Crippen molar-refractivity contribution in [1.82, 2.24) is 9.80 Å². The number of fused-ring (bicyclic) bond motifs is 3.